The first-order chi connectivity index (χ1) is 6.68. The van der Waals surface area contributed by atoms with E-state index < -0.39 is 6.10 Å². The second kappa shape index (κ2) is 3.27. The minimum Gasteiger partial charge on any atom is -0.422 e. The lowest BCUT2D eigenvalue weighted by atomic mass is 10.1. The molecule has 0 fully saturated rings. The Morgan fingerprint density at radius 2 is 2.00 bits per heavy atom. The van der Waals surface area contributed by atoms with Gasteiger partial charge in [-0.1, -0.05) is 18.2 Å². The summed E-state index contributed by atoms with van der Waals surface area (Å²) in [5, 5.41) is 9.16. The molecule has 2 rings (SSSR count). The Morgan fingerprint density at radius 1 is 1.36 bits per heavy atom. The fourth-order valence-corrected chi connectivity index (χ4v) is 1.43. The average molecular weight is 190 g/mol. The Labute approximate surface area is 81.6 Å². The zero-order chi connectivity index (χ0) is 10.1. The molecule has 72 valence electrons. The maximum atomic E-state index is 11.3. The van der Waals surface area contributed by atoms with Crippen LogP contribution in [0.25, 0.3) is 5.76 Å². The van der Waals surface area contributed by atoms with Crippen LogP contribution in [0, 0.1) is 0 Å². The van der Waals surface area contributed by atoms with Gasteiger partial charge >= 0.3 is 5.97 Å². The molecule has 1 aromatic rings. The first kappa shape index (κ1) is 8.97. The van der Waals surface area contributed by atoms with Crippen LogP contribution in [0.4, 0.5) is 0 Å². The van der Waals surface area contributed by atoms with E-state index in [2.05, 4.69) is 0 Å². The third kappa shape index (κ3) is 1.42. The predicted molar refractivity (Wildman–Crippen MR) is 51.5 cm³/mol. The monoisotopic (exact) mass is 190 g/mol. The van der Waals surface area contributed by atoms with Gasteiger partial charge in [0, 0.05) is 5.56 Å². The summed E-state index contributed by atoms with van der Waals surface area (Å²) in [5.74, 6) is 0.0908. The molecule has 1 heterocycles. The molecule has 1 unspecified atom stereocenters. The second-order valence-corrected chi connectivity index (χ2v) is 3.21. The zero-order valence-corrected chi connectivity index (χ0v) is 7.73. The van der Waals surface area contributed by atoms with Crippen LogP contribution in [0.3, 0.4) is 0 Å². The third-order valence-corrected chi connectivity index (χ3v) is 2.01. The highest BCUT2D eigenvalue weighted by molar-refractivity contribution is 6.02. The van der Waals surface area contributed by atoms with Gasteiger partial charge in [0.15, 0.2) is 0 Å². The lowest BCUT2D eigenvalue weighted by molar-refractivity contribution is 0.0714. The Hall–Kier alpha value is -1.61. The van der Waals surface area contributed by atoms with Crippen LogP contribution in [-0.4, -0.2) is 17.2 Å². The van der Waals surface area contributed by atoms with E-state index in [4.69, 9.17) is 9.84 Å². The van der Waals surface area contributed by atoms with Gasteiger partial charge in [0.1, 0.15) is 5.76 Å². The van der Waals surface area contributed by atoms with Gasteiger partial charge in [0.25, 0.3) is 0 Å². The standard InChI is InChI=1S/C11H10O3/c1-7(12)6-10-8-4-2-3-5-9(8)11(13)14-10/h2-7,12H,1H3/b10-6+. The van der Waals surface area contributed by atoms with Crippen molar-refractivity contribution in [3.05, 3.63) is 41.5 Å². The molecule has 3 nitrogen and oxygen atoms in total. The fourth-order valence-electron chi connectivity index (χ4n) is 1.43. The molecule has 1 aliphatic rings. The number of aliphatic hydroxyl groups excluding tert-OH is 1. The van der Waals surface area contributed by atoms with Gasteiger partial charge in [-0.15, -0.1) is 0 Å². The number of carbonyl (C=O) groups excluding carboxylic acids is 1. The van der Waals surface area contributed by atoms with E-state index >= 15 is 0 Å². The van der Waals surface area contributed by atoms with Gasteiger partial charge in [-0.05, 0) is 19.1 Å². The highest BCUT2D eigenvalue weighted by Crippen LogP contribution is 2.29. The molecule has 1 aliphatic heterocycles. The van der Waals surface area contributed by atoms with E-state index in [1.807, 2.05) is 6.07 Å². The molecule has 3 heteroatoms. The Kier molecular flexibility index (Phi) is 2.09. The van der Waals surface area contributed by atoms with Crippen molar-refractivity contribution >= 4 is 11.7 Å². The molecule has 1 N–H and O–H groups in total. The molecule has 1 atom stereocenters. The van der Waals surface area contributed by atoms with Crippen molar-refractivity contribution in [2.24, 2.45) is 0 Å². The van der Waals surface area contributed by atoms with Crippen molar-refractivity contribution in [1.82, 2.24) is 0 Å². The van der Waals surface area contributed by atoms with Crippen molar-refractivity contribution in [3.8, 4) is 0 Å². The fraction of sp³-hybridized carbons (Fsp3) is 0.182. The van der Waals surface area contributed by atoms with E-state index in [1.54, 1.807) is 25.1 Å². The lowest BCUT2D eigenvalue weighted by Crippen LogP contribution is -1.96. The molecule has 0 radical (unpaired) electrons. The van der Waals surface area contributed by atoms with Crippen LogP contribution in [0.2, 0.25) is 0 Å². The number of rotatable bonds is 1. The molecular formula is C11H10O3. The summed E-state index contributed by atoms with van der Waals surface area (Å²) in [7, 11) is 0. The van der Waals surface area contributed by atoms with E-state index in [9.17, 15) is 4.79 Å². The summed E-state index contributed by atoms with van der Waals surface area (Å²) in [6.45, 7) is 1.61. The first-order valence-electron chi connectivity index (χ1n) is 4.40. The molecule has 0 amide bonds. The number of hydrogen-bond acceptors (Lipinski definition) is 3. The molecule has 0 spiro atoms. The van der Waals surface area contributed by atoms with Crippen molar-refractivity contribution in [2.75, 3.05) is 0 Å². The van der Waals surface area contributed by atoms with Gasteiger partial charge in [-0.2, -0.15) is 0 Å². The van der Waals surface area contributed by atoms with Crippen molar-refractivity contribution in [2.45, 2.75) is 13.0 Å². The third-order valence-electron chi connectivity index (χ3n) is 2.01. The van der Waals surface area contributed by atoms with Crippen LogP contribution in [-0.2, 0) is 4.74 Å². The number of esters is 1. The summed E-state index contributed by atoms with van der Waals surface area (Å²) < 4.78 is 5.00. The normalized spacial score (nSPS) is 19.3. The quantitative estimate of drug-likeness (QED) is 0.684. The Morgan fingerprint density at radius 3 is 2.64 bits per heavy atom. The number of hydrogen-bond donors (Lipinski definition) is 1. The number of aliphatic hydroxyl groups is 1. The first-order valence-corrected chi connectivity index (χ1v) is 4.40. The highest BCUT2D eigenvalue weighted by atomic mass is 16.5. The number of cyclic esters (lactones) is 1. The zero-order valence-electron chi connectivity index (χ0n) is 7.73. The molecule has 0 aliphatic carbocycles. The molecule has 1 aromatic carbocycles. The lowest BCUT2D eigenvalue weighted by Gasteiger charge is -1.99. The number of ether oxygens (including phenoxy) is 1. The summed E-state index contributed by atoms with van der Waals surface area (Å²) in [5.41, 5.74) is 1.30. The number of fused-ring (bicyclic) bond motifs is 1. The summed E-state index contributed by atoms with van der Waals surface area (Å²) in [6, 6.07) is 7.12. The molecule has 0 saturated heterocycles. The van der Waals surface area contributed by atoms with E-state index in [-0.39, 0.29) is 5.97 Å². The molecule has 0 bridgehead atoms. The van der Waals surface area contributed by atoms with E-state index in [1.165, 1.54) is 6.08 Å². The van der Waals surface area contributed by atoms with Crippen LogP contribution in [0.5, 0.6) is 0 Å². The number of carbonyl (C=O) groups is 1. The summed E-state index contributed by atoms with van der Waals surface area (Å²) >= 11 is 0. The van der Waals surface area contributed by atoms with Gasteiger partial charge in [0.2, 0.25) is 0 Å². The van der Waals surface area contributed by atoms with Crippen LogP contribution >= 0.6 is 0 Å². The average Bonchev–Trinajstić information content (AvgIpc) is 2.44. The minimum atomic E-state index is -0.621. The largest absolute Gasteiger partial charge is 0.422 e. The van der Waals surface area contributed by atoms with Crippen molar-refractivity contribution in [1.29, 1.82) is 0 Å². The second-order valence-electron chi connectivity index (χ2n) is 3.21. The summed E-state index contributed by atoms with van der Waals surface area (Å²) in [4.78, 5) is 11.3. The maximum Gasteiger partial charge on any atom is 0.344 e. The van der Waals surface area contributed by atoms with Gasteiger partial charge in [-0.25, -0.2) is 4.79 Å². The van der Waals surface area contributed by atoms with Crippen LogP contribution in [0.15, 0.2) is 30.3 Å². The van der Waals surface area contributed by atoms with Gasteiger partial charge < -0.3 is 9.84 Å². The van der Waals surface area contributed by atoms with Crippen molar-refractivity contribution < 1.29 is 14.6 Å². The Balaban J connectivity index is 2.49. The van der Waals surface area contributed by atoms with E-state index in [0.29, 0.717) is 11.3 Å². The van der Waals surface area contributed by atoms with Gasteiger partial charge in [0.05, 0.1) is 11.7 Å². The van der Waals surface area contributed by atoms with Gasteiger partial charge in [-0.3, -0.25) is 0 Å². The topological polar surface area (TPSA) is 46.5 Å². The number of benzene rings is 1. The van der Waals surface area contributed by atoms with Crippen molar-refractivity contribution in [3.63, 3.8) is 0 Å². The van der Waals surface area contributed by atoms with Crippen LogP contribution in [0.1, 0.15) is 22.8 Å². The molecular weight excluding hydrogens is 180 g/mol. The van der Waals surface area contributed by atoms with Crippen LogP contribution < -0.4 is 0 Å². The smallest absolute Gasteiger partial charge is 0.344 e. The maximum absolute atomic E-state index is 11.3. The SMILES string of the molecule is CC(O)/C=C1/OC(=O)c2ccccc21. The summed E-state index contributed by atoms with van der Waals surface area (Å²) in [6.07, 6.45) is 0.896. The molecule has 14 heavy (non-hydrogen) atoms. The minimum absolute atomic E-state index is 0.354. The van der Waals surface area contributed by atoms with E-state index in [0.717, 1.165) is 5.56 Å². The molecule has 0 aromatic heterocycles. The highest BCUT2D eigenvalue weighted by Gasteiger charge is 2.25. The Bertz CT molecular complexity index is 405. The molecule has 0 saturated carbocycles. The predicted octanol–water partition coefficient (Wildman–Crippen LogP) is 1.58.